The Bertz CT molecular complexity index is 1190. The van der Waals surface area contributed by atoms with E-state index >= 15 is 0 Å². The molecule has 5 nitrogen and oxygen atoms in total. The lowest BCUT2D eigenvalue weighted by Gasteiger charge is -2.05. The molecule has 146 valence electrons. The molecule has 2 aromatic carbocycles. The van der Waals surface area contributed by atoms with Gasteiger partial charge in [0.2, 0.25) is 0 Å². The Morgan fingerprint density at radius 2 is 1.76 bits per heavy atom. The second-order valence-electron chi connectivity index (χ2n) is 6.38. The zero-order valence-electron chi connectivity index (χ0n) is 16.3. The van der Waals surface area contributed by atoms with E-state index in [2.05, 4.69) is 0 Å². The molecule has 29 heavy (non-hydrogen) atoms. The summed E-state index contributed by atoms with van der Waals surface area (Å²) in [5, 5.41) is 1.47. The van der Waals surface area contributed by atoms with Gasteiger partial charge in [-0.1, -0.05) is 54.6 Å². The number of furan rings is 1. The number of para-hydroxylation sites is 1. The van der Waals surface area contributed by atoms with Crippen LogP contribution >= 0.6 is 0 Å². The van der Waals surface area contributed by atoms with Crippen molar-refractivity contribution in [2.45, 2.75) is 13.8 Å². The maximum atomic E-state index is 12.7. The standard InChI is InChI=1S/C24H21NO4/c1-3-27-23(26)21-20-17-12-8-9-13-18(17)25-19(22(20)29-24(21)28-4-2)15-14-16-10-6-5-7-11-16/h5-15H,3-4H2,1-2H3/b15-14+. The molecule has 0 bridgehead atoms. The molecule has 5 heteroatoms. The van der Waals surface area contributed by atoms with Crippen molar-refractivity contribution >= 4 is 40.0 Å². The quantitative estimate of drug-likeness (QED) is 0.396. The second kappa shape index (κ2) is 8.19. The van der Waals surface area contributed by atoms with Crippen LogP contribution < -0.4 is 4.74 Å². The third kappa shape index (κ3) is 3.59. The SMILES string of the molecule is CCOC(=O)c1c(OCC)oc2c(/C=C/c3ccccc3)nc3ccccc3c12. The fourth-order valence-corrected chi connectivity index (χ4v) is 3.28. The Hall–Kier alpha value is -3.60. The monoisotopic (exact) mass is 387 g/mol. The lowest BCUT2D eigenvalue weighted by atomic mass is 10.1. The molecule has 4 aromatic rings. The summed E-state index contributed by atoms with van der Waals surface area (Å²) in [5.74, 6) is -0.308. The largest absolute Gasteiger partial charge is 0.465 e. The Kier molecular flexibility index (Phi) is 5.29. The van der Waals surface area contributed by atoms with Crippen LogP contribution in [0.2, 0.25) is 0 Å². The number of rotatable bonds is 6. The van der Waals surface area contributed by atoms with E-state index in [1.54, 1.807) is 6.92 Å². The molecule has 0 spiro atoms. The van der Waals surface area contributed by atoms with Crippen molar-refractivity contribution in [3.8, 4) is 5.95 Å². The van der Waals surface area contributed by atoms with E-state index in [0.29, 0.717) is 28.8 Å². The number of aromatic nitrogens is 1. The van der Waals surface area contributed by atoms with E-state index in [-0.39, 0.29) is 12.6 Å². The molecule has 0 aliphatic heterocycles. The van der Waals surface area contributed by atoms with Crippen LogP contribution in [-0.2, 0) is 4.74 Å². The molecule has 0 aliphatic rings. The molecule has 0 N–H and O–H groups in total. The lowest BCUT2D eigenvalue weighted by molar-refractivity contribution is 0.0521. The number of fused-ring (bicyclic) bond motifs is 3. The van der Waals surface area contributed by atoms with Crippen molar-refractivity contribution in [2.24, 2.45) is 0 Å². The van der Waals surface area contributed by atoms with Gasteiger partial charge >= 0.3 is 11.9 Å². The van der Waals surface area contributed by atoms with Gasteiger partial charge < -0.3 is 13.9 Å². The van der Waals surface area contributed by atoms with E-state index in [4.69, 9.17) is 18.9 Å². The summed E-state index contributed by atoms with van der Waals surface area (Å²) in [4.78, 5) is 17.5. The van der Waals surface area contributed by atoms with Gasteiger partial charge in [-0.05, 0) is 31.6 Å². The van der Waals surface area contributed by atoms with Gasteiger partial charge in [-0.25, -0.2) is 9.78 Å². The van der Waals surface area contributed by atoms with Gasteiger partial charge in [0.05, 0.1) is 24.1 Å². The Balaban J connectivity index is 2.00. The molecular weight excluding hydrogens is 366 g/mol. The molecule has 4 rings (SSSR count). The van der Waals surface area contributed by atoms with Gasteiger partial charge in [-0.2, -0.15) is 0 Å². The molecule has 0 saturated carbocycles. The third-order valence-corrected chi connectivity index (χ3v) is 4.51. The Labute approximate surface area is 168 Å². The zero-order valence-corrected chi connectivity index (χ0v) is 16.3. The van der Waals surface area contributed by atoms with Crippen LogP contribution in [0.1, 0.15) is 35.5 Å². The minimum absolute atomic E-state index is 0.161. The van der Waals surface area contributed by atoms with Gasteiger partial charge in [0, 0.05) is 5.39 Å². The Morgan fingerprint density at radius 1 is 1.00 bits per heavy atom. The highest BCUT2D eigenvalue weighted by Gasteiger charge is 2.27. The number of pyridine rings is 1. The second-order valence-corrected chi connectivity index (χ2v) is 6.38. The average molecular weight is 387 g/mol. The van der Waals surface area contributed by atoms with Crippen molar-refractivity contribution in [3.05, 3.63) is 71.4 Å². The maximum absolute atomic E-state index is 12.7. The highest BCUT2D eigenvalue weighted by Crippen LogP contribution is 2.39. The predicted octanol–water partition coefficient (Wildman–Crippen LogP) is 5.73. The number of esters is 1. The zero-order chi connectivity index (χ0) is 20.2. The molecule has 0 aliphatic carbocycles. The summed E-state index contributed by atoms with van der Waals surface area (Å²) in [5.41, 5.74) is 3.23. The smallest absolute Gasteiger partial charge is 0.346 e. The van der Waals surface area contributed by atoms with Crippen LogP contribution in [-0.4, -0.2) is 24.2 Å². The number of carbonyl (C=O) groups excluding carboxylic acids is 1. The number of ether oxygens (including phenoxy) is 2. The molecular formula is C24H21NO4. The summed E-state index contributed by atoms with van der Waals surface area (Å²) in [6, 6.07) is 17.6. The molecule has 0 amide bonds. The van der Waals surface area contributed by atoms with E-state index in [9.17, 15) is 4.79 Å². The predicted molar refractivity (Wildman–Crippen MR) is 114 cm³/mol. The molecule has 0 atom stereocenters. The molecule has 0 radical (unpaired) electrons. The minimum Gasteiger partial charge on any atom is -0.465 e. The number of benzene rings is 2. The first-order valence-corrected chi connectivity index (χ1v) is 9.61. The van der Waals surface area contributed by atoms with Crippen LogP contribution in [0, 0.1) is 0 Å². The van der Waals surface area contributed by atoms with Crippen molar-refractivity contribution in [1.29, 1.82) is 0 Å². The van der Waals surface area contributed by atoms with Crippen molar-refractivity contribution in [3.63, 3.8) is 0 Å². The average Bonchev–Trinajstić information content (AvgIpc) is 3.13. The summed E-state index contributed by atoms with van der Waals surface area (Å²) < 4.78 is 16.9. The van der Waals surface area contributed by atoms with Crippen molar-refractivity contribution < 1.29 is 18.7 Å². The molecule has 2 heterocycles. The summed E-state index contributed by atoms with van der Waals surface area (Å²) in [6.07, 6.45) is 3.85. The minimum atomic E-state index is -0.468. The summed E-state index contributed by atoms with van der Waals surface area (Å²) in [6.45, 7) is 4.25. The highest BCUT2D eigenvalue weighted by atomic mass is 16.6. The van der Waals surface area contributed by atoms with Crippen LogP contribution in [0.15, 0.2) is 59.0 Å². The van der Waals surface area contributed by atoms with E-state index < -0.39 is 5.97 Å². The van der Waals surface area contributed by atoms with Crippen LogP contribution in [0.3, 0.4) is 0 Å². The lowest BCUT2D eigenvalue weighted by Crippen LogP contribution is -2.06. The van der Waals surface area contributed by atoms with E-state index in [1.807, 2.05) is 73.7 Å². The summed E-state index contributed by atoms with van der Waals surface area (Å²) >= 11 is 0. The molecule has 0 unspecified atom stereocenters. The fraction of sp³-hybridized carbons (Fsp3) is 0.167. The summed E-state index contributed by atoms with van der Waals surface area (Å²) in [7, 11) is 0. The number of hydrogen-bond donors (Lipinski definition) is 0. The number of hydrogen-bond acceptors (Lipinski definition) is 5. The first kappa shape index (κ1) is 18.7. The third-order valence-electron chi connectivity index (χ3n) is 4.51. The van der Waals surface area contributed by atoms with E-state index in [1.165, 1.54) is 0 Å². The normalized spacial score (nSPS) is 11.4. The highest BCUT2D eigenvalue weighted by molar-refractivity contribution is 6.17. The van der Waals surface area contributed by atoms with Crippen LogP contribution in [0.25, 0.3) is 34.0 Å². The first-order chi connectivity index (χ1) is 14.2. The molecule has 0 saturated heterocycles. The number of carbonyl (C=O) groups is 1. The van der Waals surface area contributed by atoms with Crippen LogP contribution in [0.5, 0.6) is 5.95 Å². The van der Waals surface area contributed by atoms with Gasteiger partial charge in [0.15, 0.2) is 11.1 Å². The van der Waals surface area contributed by atoms with Gasteiger partial charge in [0.1, 0.15) is 5.69 Å². The van der Waals surface area contributed by atoms with Crippen molar-refractivity contribution in [1.82, 2.24) is 4.98 Å². The van der Waals surface area contributed by atoms with Gasteiger partial charge in [0.25, 0.3) is 0 Å². The van der Waals surface area contributed by atoms with Crippen molar-refractivity contribution in [2.75, 3.05) is 13.2 Å². The first-order valence-electron chi connectivity index (χ1n) is 9.61. The number of nitrogens with zero attached hydrogens (tertiary/aromatic N) is 1. The van der Waals surface area contributed by atoms with E-state index in [0.717, 1.165) is 16.5 Å². The Morgan fingerprint density at radius 3 is 2.52 bits per heavy atom. The van der Waals surface area contributed by atoms with Gasteiger partial charge in [-0.3, -0.25) is 0 Å². The topological polar surface area (TPSA) is 61.6 Å². The molecule has 0 fully saturated rings. The fourth-order valence-electron chi connectivity index (χ4n) is 3.28. The van der Waals surface area contributed by atoms with Gasteiger partial charge in [-0.15, -0.1) is 0 Å². The maximum Gasteiger partial charge on any atom is 0.346 e. The van der Waals surface area contributed by atoms with Crippen LogP contribution in [0.4, 0.5) is 0 Å². The molecule has 2 aromatic heterocycles.